The van der Waals surface area contributed by atoms with Crippen LogP contribution in [0, 0.1) is 0 Å². The topological polar surface area (TPSA) is 18.5 Å². The minimum atomic E-state index is -0.455. The van der Waals surface area contributed by atoms with Gasteiger partial charge in [0.25, 0.3) is 10.0 Å². The fraction of sp³-hybridized carbons (Fsp3) is 0.0769. The Morgan fingerprint density at radius 1 is 0.833 bits per heavy atom. The van der Waals surface area contributed by atoms with E-state index >= 15 is 0 Å². The van der Waals surface area contributed by atoms with Gasteiger partial charge in [-0.1, -0.05) is 67.2 Å². The molecule has 0 aliphatic carbocycles. The van der Waals surface area contributed by atoms with E-state index in [1.165, 1.54) is 11.1 Å². The molecule has 0 radical (unpaired) electrons. The standard InChI is InChI=1S/C12H10.CH10O2Si3/c1-3-7-11(8-4-1)12-9-5-2-6-10-12;1-5-3-6-2-4/h1-10H;5-6H2,1,4H3. The van der Waals surface area contributed by atoms with Gasteiger partial charge in [-0.2, -0.15) is 0 Å². The van der Waals surface area contributed by atoms with Crippen molar-refractivity contribution in [2.75, 3.05) is 0 Å². The van der Waals surface area contributed by atoms with Crippen molar-refractivity contribution >= 4 is 30.3 Å². The van der Waals surface area contributed by atoms with Crippen LogP contribution in [0.15, 0.2) is 60.7 Å². The Kier molecular flexibility index (Phi) is 8.36. The molecule has 0 unspecified atom stereocenters. The molecule has 0 saturated heterocycles. The van der Waals surface area contributed by atoms with Crippen LogP contribution >= 0.6 is 0 Å². The molecule has 0 fully saturated rings. The molecule has 0 aromatic heterocycles. The lowest BCUT2D eigenvalue weighted by atomic mass is 10.1. The van der Waals surface area contributed by atoms with Crippen LogP contribution < -0.4 is 0 Å². The van der Waals surface area contributed by atoms with E-state index in [1.807, 2.05) is 12.1 Å². The van der Waals surface area contributed by atoms with Crippen LogP contribution in [-0.2, 0) is 8.23 Å². The first-order chi connectivity index (χ1) is 8.88. The molecule has 0 spiro atoms. The van der Waals surface area contributed by atoms with Gasteiger partial charge in [-0.3, -0.25) is 0 Å². The molecule has 0 amide bonds. The summed E-state index contributed by atoms with van der Waals surface area (Å²) in [5.74, 6) is 0. The van der Waals surface area contributed by atoms with Gasteiger partial charge < -0.3 is 8.23 Å². The van der Waals surface area contributed by atoms with Gasteiger partial charge in [0, 0.05) is 0 Å². The van der Waals surface area contributed by atoms with Crippen molar-refractivity contribution < 1.29 is 8.23 Å². The van der Waals surface area contributed by atoms with Crippen LogP contribution in [0.5, 0.6) is 0 Å². The largest absolute Gasteiger partial charge is 0.449 e. The summed E-state index contributed by atoms with van der Waals surface area (Å²) in [6, 6.07) is 20.8. The second-order valence-corrected chi connectivity index (χ2v) is 8.39. The van der Waals surface area contributed by atoms with Crippen LogP contribution in [-0.4, -0.2) is 30.3 Å². The van der Waals surface area contributed by atoms with Gasteiger partial charge >= 0.3 is 0 Å². The number of hydrogen-bond acceptors (Lipinski definition) is 2. The Bertz CT molecular complexity index is 368. The molecule has 0 heterocycles. The summed E-state index contributed by atoms with van der Waals surface area (Å²) in [5.41, 5.74) is 2.55. The quantitative estimate of drug-likeness (QED) is 0.613. The average molecular weight is 293 g/mol. The molecule has 18 heavy (non-hydrogen) atoms. The van der Waals surface area contributed by atoms with Crippen molar-refractivity contribution in [1.29, 1.82) is 0 Å². The molecule has 0 aliphatic heterocycles. The molecule has 2 aromatic carbocycles. The highest BCUT2D eigenvalue weighted by Gasteiger charge is 1.91. The Morgan fingerprint density at radius 3 is 1.56 bits per heavy atom. The van der Waals surface area contributed by atoms with Gasteiger partial charge in [0.1, 0.15) is 20.2 Å². The zero-order chi connectivity index (χ0) is 13.1. The molecule has 0 saturated carbocycles. The number of hydrogen-bond donors (Lipinski definition) is 0. The molecule has 96 valence electrons. The summed E-state index contributed by atoms with van der Waals surface area (Å²) in [6.07, 6.45) is 0. The Hall–Kier alpha value is -0.989. The Labute approximate surface area is 117 Å². The summed E-state index contributed by atoms with van der Waals surface area (Å²) < 4.78 is 9.95. The zero-order valence-corrected chi connectivity index (χ0v) is 15.8. The number of benzene rings is 2. The Morgan fingerprint density at radius 2 is 1.28 bits per heavy atom. The van der Waals surface area contributed by atoms with E-state index in [4.69, 9.17) is 8.23 Å². The van der Waals surface area contributed by atoms with Gasteiger partial charge in [0.2, 0.25) is 0 Å². The Balaban J connectivity index is 0.000000232. The molecule has 2 rings (SSSR count). The molecule has 2 aromatic rings. The van der Waals surface area contributed by atoms with Crippen LogP contribution in [0.3, 0.4) is 0 Å². The van der Waals surface area contributed by atoms with Gasteiger partial charge in [0.05, 0.1) is 0 Å². The van der Waals surface area contributed by atoms with E-state index in [2.05, 4.69) is 55.1 Å². The SMILES string of the molecule is C[SiH2]O[SiH2]O[SiH3].c1ccc(-c2ccccc2)cc1. The summed E-state index contributed by atoms with van der Waals surface area (Å²) in [5, 5.41) is 0. The molecular formula is C13H20O2Si3. The van der Waals surface area contributed by atoms with Crippen LogP contribution in [0.25, 0.3) is 11.1 Å². The first-order valence-corrected chi connectivity index (χ1v) is 10.0. The van der Waals surface area contributed by atoms with Gasteiger partial charge in [-0.05, 0) is 11.1 Å². The smallest absolute Gasteiger partial charge is 0.282 e. The van der Waals surface area contributed by atoms with Gasteiger partial charge in [0.15, 0.2) is 0 Å². The maximum absolute atomic E-state index is 5.07. The lowest BCUT2D eigenvalue weighted by Crippen LogP contribution is -2.02. The summed E-state index contributed by atoms with van der Waals surface area (Å²) in [4.78, 5) is 0. The third kappa shape index (κ3) is 6.08. The van der Waals surface area contributed by atoms with E-state index in [0.29, 0.717) is 0 Å². The van der Waals surface area contributed by atoms with Crippen molar-refractivity contribution in [3.63, 3.8) is 0 Å². The zero-order valence-electron chi connectivity index (χ0n) is 11.0. The molecule has 5 heteroatoms. The fourth-order valence-electron chi connectivity index (χ4n) is 1.43. The van der Waals surface area contributed by atoms with Crippen molar-refractivity contribution in [2.45, 2.75) is 6.55 Å². The second kappa shape index (κ2) is 9.98. The molecule has 2 nitrogen and oxygen atoms in total. The molecule has 0 aliphatic rings. The van der Waals surface area contributed by atoms with E-state index in [0.717, 1.165) is 10.5 Å². The van der Waals surface area contributed by atoms with Crippen molar-refractivity contribution in [1.82, 2.24) is 0 Å². The highest BCUT2D eigenvalue weighted by atomic mass is 28.3. The second-order valence-electron chi connectivity index (χ2n) is 3.63. The first kappa shape index (κ1) is 15.1. The van der Waals surface area contributed by atoms with E-state index in [-0.39, 0.29) is 9.76 Å². The highest BCUT2D eigenvalue weighted by Crippen LogP contribution is 2.17. The predicted molar refractivity (Wildman–Crippen MR) is 86.9 cm³/mol. The highest BCUT2D eigenvalue weighted by molar-refractivity contribution is 6.40. The lowest BCUT2D eigenvalue weighted by Gasteiger charge is -1.98. The van der Waals surface area contributed by atoms with Crippen molar-refractivity contribution in [3.8, 4) is 11.1 Å². The van der Waals surface area contributed by atoms with Crippen molar-refractivity contribution in [3.05, 3.63) is 60.7 Å². The normalized spacial score (nSPS) is 10.9. The summed E-state index contributed by atoms with van der Waals surface area (Å²) in [7, 11) is 0.269. The molecule has 0 bridgehead atoms. The third-order valence-corrected chi connectivity index (χ3v) is 5.53. The fourth-order valence-corrected chi connectivity index (χ4v) is 4.26. The van der Waals surface area contributed by atoms with Gasteiger partial charge in [-0.15, -0.1) is 0 Å². The monoisotopic (exact) mass is 292 g/mol. The minimum Gasteiger partial charge on any atom is -0.449 e. The third-order valence-electron chi connectivity index (χ3n) is 2.29. The predicted octanol–water partition coefficient (Wildman–Crippen LogP) is 0.784. The summed E-state index contributed by atoms with van der Waals surface area (Å²) >= 11 is 0. The minimum absolute atomic E-state index is 0.138. The van der Waals surface area contributed by atoms with E-state index < -0.39 is 10.0 Å². The van der Waals surface area contributed by atoms with E-state index in [9.17, 15) is 0 Å². The van der Waals surface area contributed by atoms with Gasteiger partial charge in [-0.25, -0.2) is 0 Å². The summed E-state index contributed by atoms with van der Waals surface area (Å²) in [6.45, 7) is 2.12. The van der Waals surface area contributed by atoms with Crippen LogP contribution in [0.2, 0.25) is 6.55 Å². The first-order valence-electron chi connectivity index (χ1n) is 6.05. The molecular weight excluding hydrogens is 272 g/mol. The van der Waals surface area contributed by atoms with Crippen molar-refractivity contribution in [2.24, 2.45) is 0 Å². The van der Waals surface area contributed by atoms with Crippen LogP contribution in [0.4, 0.5) is 0 Å². The maximum Gasteiger partial charge on any atom is 0.282 e. The average Bonchev–Trinajstić information content (AvgIpc) is 2.48. The maximum atomic E-state index is 5.07. The van der Waals surface area contributed by atoms with E-state index in [1.54, 1.807) is 0 Å². The number of rotatable bonds is 4. The lowest BCUT2D eigenvalue weighted by molar-refractivity contribution is 0.505. The molecule has 0 atom stereocenters. The molecule has 0 N–H and O–H groups in total. The van der Waals surface area contributed by atoms with Crippen LogP contribution in [0.1, 0.15) is 0 Å².